The van der Waals surface area contributed by atoms with Crippen LogP contribution in [0.25, 0.3) is 0 Å². The van der Waals surface area contributed by atoms with E-state index in [1.54, 1.807) is 24.3 Å². The molecule has 1 amide bonds. The molecule has 0 bridgehead atoms. The van der Waals surface area contributed by atoms with Crippen molar-refractivity contribution in [2.45, 2.75) is 11.1 Å². The van der Waals surface area contributed by atoms with E-state index in [1.165, 1.54) is 24.3 Å². The zero-order chi connectivity index (χ0) is 21.9. The summed E-state index contributed by atoms with van der Waals surface area (Å²) in [5.41, 5.74) is -0.207. The van der Waals surface area contributed by atoms with Crippen LogP contribution in [-0.2, 0) is 16.3 Å². The molecule has 10 heteroatoms. The molecule has 30 heavy (non-hydrogen) atoms. The number of carbonyl (C=O) groups is 1. The Hall–Kier alpha value is -3.04. The van der Waals surface area contributed by atoms with Crippen LogP contribution in [0.15, 0.2) is 77.7 Å². The molecule has 156 valence electrons. The van der Waals surface area contributed by atoms with E-state index in [0.29, 0.717) is 28.4 Å². The number of rotatable bonds is 5. The normalized spacial score (nSPS) is 11.7. The van der Waals surface area contributed by atoms with Crippen LogP contribution in [-0.4, -0.2) is 14.3 Å². The van der Waals surface area contributed by atoms with Gasteiger partial charge in [0.15, 0.2) is 0 Å². The summed E-state index contributed by atoms with van der Waals surface area (Å²) in [7, 11) is -4.33. The summed E-state index contributed by atoms with van der Waals surface area (Å²) in [5, 5.41) is 3.11. The number of benzene rings is 3. The summed E-state index contributed by atoms with van der Waals surface area (Å²) in [5.74, 6) is -0.461. The largest absolute Gasteiger partial charge is 0.416 e. The van der Waals surface area contributed by atoms with E-state index in [4.69, 9.17) is 15.8 Å². The Morgan fingerprint density at radius 1 is 0.867 bits per heavy atom. The van der Waals surface area contributed by atoms with Gasteiger partial charge < -0.3 is 9.50 Å². The van der Waals surface area contributed by atoms with Gasteiger partial charge in [0.05, 0.1) is 5.56 Å². The molecule has 0 heterocycles. The SMILES string of the molecule is O=C(Nc1ccc(OS(=O)(=O)c2ccc(C(F)(F)F)cc2)cc1)c1ccc(Cl)cc1. The Morgan fingerprint density at radius 3 is 1.97 bits per heavy atom. The third kappa shape index (κ3) is 5.31. The lowest BCUT2D eigenvalue weighted by Gasteiger charge is -2.10. The molecule has 0 aromatic heterocycles. The maximum Gasteiger partial charge on any atom is 0.416 e. The van der Waals surface area contributed by atoms with Gasteiger partial charge in [-0.15, -0.1) is 0 Å². The first-order valence-corrected chi connectivity index (χ1v) is 10.1. The molecule has 3 aromatic rings. The van der Waals surface area contributed by atoms with Crippen molar-refractivity contribution in [2.24, 2.45) is 0 Å². The average Bonchev–Trinajstić information content (AvgIpc) is 2.69. The molecule has 0 radical (unpaired) electrons. The number of amides is 1. The van der Waals surface area contributed by atoms with E-state index in [2.05, 4.69) is 5.32 Å². The van der Waals surface area contributed by atoms with Gasteiger partial charge in [0, 0.05) is 16.3 Å². The van der Waals surface area contributed by atoms with Crippen molar-refractivity contribution in [3.63, 3.8) is 0 Å². The molecule has 5 nitrogen and oxygen atoms in total. The molecule has 3 rings (SSSR count). The van der Waals surface area contributed by atoms with Gasteiger partial charge in [0.2, 0.25) is 0 Å². The maximum atomic E-state index is 12.6. The highest BCUT2D eigenvalue weighted by Gasteiger charge is 2.30. The summed E-state index contributed by atoms with van der Waals surface area (Å²) in [6, 6.07) is 14.6. The molecular formula is C20H13ClF3NO4S. The van der Waals surface area contributed by atoms with Crippen molar-refractivity contribution >= 4 is 33.3 Å². The van der Waals surface area contributed by atoms with Gasteiger partial charge in [-0.25, -0.2) is 0 Å². The van der Waals surface area contributed by atoms with Crippen LogP contribution >= 0.6 is 11.6 Å². The first kappa shape index (κ1) is 21.7. The van der Waals surface area contributed by atoms with E-state index >= 15 is 0 Å². The lowest BCUT2D eigenvalue weighted by molar-refractivity contribution is -0.137. The van der Waals surface area contributed by atoms with Gasteiger partial charge >= 0.3 is 16.3 Å². The third-order valence-corrected chi connectivity index (χ3v) is 5.41. The second-order valence-corrected chi connectivity index (χ2v) is 8.03. The fourth-order valence-corrected chi connectivity index (χ4v) is 3.44. The Balaban J connectivity index is 1.68. The standard InChI is InChI=1S/C20H13ClF3NO4S/c21-15-5-1-13(2-6-15)19(26)25-16-7-9-17(10-8-16)29-30(27,28)18-11-3-14(4-12-18)20(22,23)24/h1-12H,(H,25,26). The van der Waals surface area contributed by atoms with Crippen molar-refractivity contribution in [3.8, 4) is 5.75 Å². The van der Waals surface area contributed by atoms with Crippen LogP contribution in [0.1, 0.15) is 15.9 Å². The molecular weight excluding hydrogens is 443 g/mol. The van der Waals surface area contributed by atoms with Crippen molar-refractivity contribution < 1.29 is 30.6 Å². The lowest BCUT2D eigenvalue weighted by atomic mass is 10.2. The topological polar surface area (TPSA) is 72.5 Å². The predicted molar refractivity (Wildman–Crippen MR) is 105 cm³/mol. The Morgan fingerprint density at radius 2 is 1.43 bits per heavy atom. The van der Waals surface area contributed by atoms with Crippen molar-refractivity contribution in [3.05, 3.63) is 88.9 Å². The summed E-state index contributed by atoms with van der Waals surface area (Å²) in [6.45, 7) is 0. The summed E-state index contributed by atoms with van der Waals surface area (Å²) in [6.07, 6.45) is -4.57. The zero-order valence-electron chi connectivity index (χ0n) is 15.0. The van der Waals surface area contributed by atoms with Crippen molar-refractivity contribution in [1.29, 1.82) is 0 Å². The van der Waals surface area contributed by atoms with Gasteiger partial charge in [-0.1, -0.05) is 11.6 Å². The summed E-state index contributed by atoms with van der Waals surface area (Å²) < 4.78 is 67.2. The Kier molecular flexibility index (Phi) is 6.04. The first-order chi connectivity index (χ1) is 14.0. The lowest BCUT2D eigenvalue weighted by Crippen LogP contribution is -2.12. The molecule has 0 fully saturated rings. The Bertz CT molecular complexity index is 1140. The van der Waals surface area contributed by atoms with Gasteiger partial charge in [0.1, 0.15) is 10.6 Å². The number of alkyl halides is 3. The third-order valence-electron chi connectivity index (χ3n) is 3.89. The van der Waals surface area contributed by atoms with Crippen LogP contribution in [0.3, 0.4) is 0 Å². The molecule has 0 atom stereocenters. The van der Waals surface area contributed by atoms with Crippen LogP contribution in [0.5, 0.6) is 5.75 Å². The molecule has 0 saturated heterocycles. The van der Waals surface area contributed by atoms with E-state index in [-0.39, 0.29) is 5.75 Å². The minimum Gasteiger partial charge on any atom is -0.379 e. The minimum absolute atomic E-state index is 0.0700. The smallest absolute Gasteiger partial charge is 0.379 e. The molecule has 1 N–H and O–H groups in total. The first-order valence-electron chi connectivity index (χ1n) is 8.33. The fraction of sp³-hybridized carbons (Fsp3) is 0.0500. The fourth-order valence-electron chi connectivity index (χ4n) is 2.38. The highest BCUT2D eigenvalue weighted by atomic mass is 35.5. The molecule has 0 aliphatic heterocycles. The number of halogens is 4. The van der Waals surface area contributed by atoms with Gasteiger partial charge in [-0.2, -0.15) is 21.6 Å². The number of hydrogen-bond donors (Lipinski definition) is 1. The maximum absolute atomic E-state index is 12.6. The van der Waals surface area contributed by atoms with Crippen molar-refractivity contribution in [1.82, 2.24) is 0 Å². The van der Waals surface area contributed by atoms with Crippen LogP contribution in [0.4, 0.5) is 18.9 Å². The quantitative estimate of drug-likeness (QED) is 0.524. The highest BCUT2D eigenvalue weighted by molar-refractivity contribution is 7.87. The van der Waals surface area contributed by atoms with Crippen LogP contribution in [0.2, 0.25) is 5.02 Å². The number of anilines is 1. The minimum atomic E-state index is -4.57. The van der Waals surface area contributed by atoms with Crippen LogP contribution in [0, 0.1) is 0 Å². The number of carbonyl (C=O) groups excluding carboxylic acids is 1. The monoisotopic (exact) mass is 455 g/mol. The molecule has 0 spiro atoms. The highest BCUT2D eigenvalue weighted by Crippen LogP contribution is 2.30. The van der Waals surface area contributed by atoms with Gasteiger partial charge in [-0.05, 0) is 72.8 Å². The summed E-state index contributed by atoms with van der Waals surface area (Å²) >= 11 is 5.77. The molecule has 0 unspecified atom stereocenters. The molecule has 0 aliphatic rings. The predicted octanol–water partition coefficient (Wildman–Crippen LogP) is 5.38. The average molecular weight is 456 g/mol. The second-order valence-electron chi connectivity index (χ2n) is 6.04. The Labute approximate surface area is 175 Å². The van der Waals surface area contributed by atoms with E-state index in [0.717, 1.165) is 12.1 Å². The second kappa shape index (κ2) is 8.37. The molecule has 0 saturated carbocycles. The van der Waals surface area contributed by atoms with E-state index < -0.39 is 32.7 Å². The van der Waals surface area contributed by atoms with Gasteiger partial charge in [-0.3, -0.25) is 4.79 Å². The van der Waals surface area contributed by atoms with E-state index in [1.807, 2.05) is 0 Å². The molecule has 3 aromatic carbocycles. The van der Waals surface area contributed by atoms with Gasteiger partial charge in [0.25, 0.3) is 5.91 Å². The number of hydrogen-bond acceptors (Lipinski definition) is 4. The van der Waals surface area contributed by atoms with Crippen molar-refractivity contribution in [2.75, 3.05) is 5.32 Å². The molecule has 0 aliphatic carbocycles. The zero-order valence-corrected chi connectivity index (χ0v) is 16.6. The summed E-state index contributed by atoms with van der Waals surface area (Å²) in [4.78, 5) is 11.7. The number of nitrogens with one attached hydrogen (secondary N) is 1. The van der Waals surface area contributed by atoms with E-state index in [9.17, 15) is 26.4 Å². The van der Waals surface area contributed by atoms with Crippen LogP contribution < -0.4 is 9.50 Å².